The van der Waals surface area contributed by atoms with Crippen molar-refractivity contribution in [3.8, 4) is 0 Å². The van der Waals surface area contributed by atoms with E-state index in [1.54, 1.807) is 13.8 Å². The smallest absolute Gasteiger partial charge is 0.229 e. The molecule has 0 radical (unpaired) electrons. The van der Waals surface area contributed by atoms with E-state index in [1.165, 1.54) is 19.3 Å². The first-order valence-corrected chi connectivity index (χ1v) is 12.2. The molecule has 5 N–H and O–H groups in total. The second kappa shape index (κ2) is 15.5. The minimum atomic E-state index is -1.48. The van der Waals surface area contributed by atoms with Crippen molar-refractivity contribution in [3.05, 3.63) is 23.8 Å². The summed E-state index contributed by atoms with van der Waals surface area (Å²) in [7, 11) is 0. The van der Waals surface area contributed by atoms with E-state index in [-0.39, 0.29) is 37.3 Å². The van der Waals surface area contributed by atoms with Crippen LogP contribution in [-0.2, 0) is 20.8 Å². The predicted molar refractivity (Wildman–Crippen MR) is 128 cm³/mol. The Bertz CT molecular complexity index is 786. The van der Waals surface area contributed by atoms with Gasteiger partial charge in [0.25, 0.3) is 0 Å². The number of nitrogens with one attached hydrogen (secondary N) is 1. The van der Waals surface area contributed by atoms with E-state index in [0.29, 0.717) is 25.0 Å². The third-order valence-electron chi connectivity index (χ3n) is 5.51. The van der Waals surface area contributed by atoms with Crippen molar-refractivity contribution in [2.24, 2.45) is 0 Å². The number of rotatable bonds is 15. The summed E-state index contributed by atoms with van der Waals surface area (Å²) in [5, 5.41) is 43.8. The zero-order chi connectivity index (χ0) is 26.5. The van der Waals surface area contributed by atoms with Gasteiger partial charge in [0, 0.05) is 31.9 Å². The van der Waals surface area contributed by atoms with Crippen LogP contribution >= 0.6 is 0 Å². The first kappa shape index (κ1) is 30.6. The zero-order valence-electron chi connectivity index (χ0n) is 21.1. The summed E-state index contributed by atoms with van der Waals surface area (Å²) >= 11 is 0. The largest absolute Gasteiger partial charge is 0.394 e. The lowest BCUT2D eigenvalue weighted by Crippen LogP contribution is -2.52. The number of amides is 3. The van der Waals surface area contributed by atoms with Crippen LogP contribution in [0, 0.1) is 0 Å². The van der Waals surface area contributed by atoms with Gasteiger partial charge >= 0.3 is 0 Å². The number of hydrogen-bond donors (Lipinski definition) is 5. The molecule has 1 unspecified atom stereocenters. The molecular formula is C24H40N4O7. The van der Waals surface area contributed by atoms with Crippen LogP contribution in [0.3, 0.4) is 0 Å². The van der Waals surface area contributed by atoms with Crippen molar-refractivity contribution in [2.75, 3.05) is 6.61 Å². The molecule has 0 spiro atoms. The molecule has 5 atom stereocenters. The van der Waals surface area contributed by atoms with Gasteiger partial charge in [-0.3, -0.25) is 29.3 Å². The molecule has 3 amide bonds. The van der Waals surface area contributed by atoms with E-state index >= 15 is 0 Å². The Labute approximate surface area is 206 Å². The van der Waals surface area contributed by atoms with E-state index in [9.17, 15) is 34.8 Å². The molecular weight excluding hydrogens is 456 g/mol. The summed E-state index contributed by atoms with van der Waals surface area (Å²) < 4.78 is 0. The predicted octanol–water partition coefficient (Wildman–Crippen LogP) is 0.395. The fourth-order valence-corrected chi connectivity index (χ4v) is 3.68. The summed E-state index contributed by atoms with van der Waals surface area (Å²) in [4.78, 5) is 46.5. The first-order valence-electron chi connectivity index (χ1n) is 12.2. The summed E-state index contributed by atoms with van der Waals surface area (Å²) in [5.41, 5.74) is 0.383. The highest BCUT2D eigenvalue weighted by Gasteiger charge is 2.38. The van der Waals surface area contributed by atoms with Gasteiger partial charge in [0.2, 0.25) is 17.7 Å². The molecule has 0 aliphatic carbocycles. The lowest BCUT2D eigenvalue weighted by molar-refractivity contribution is -0.155. The molecule has 0 bridgehead atoms. The first-order chi connectivity index (χ1) is 16.6. The highest BCUT2D eigenvalue weighted by Crippen LogP contribution is 2.24. The summed E-state index contributed by atoms with van der Waals surface area (Å²) in [5.74, 6) is -1.24. The number of carbonyl (C=O) groups is 3. The molecule has 1 aromatic rings. The average molecular weight is 497 g/mol. The summed E-state index contributed by atoms with van der Waals surface area (Å²) in [6.45, 7) is 6.37. The number of aliphatic hydroxyl groups excluding tert-OH is 4. The van der Waals surface area contributed by atoms with Crippen LogP contribution in [0.4, 0.5) is 0 Å². The van der Waals surface area contributed by atoms with Gasteiger partial charge in [-0.1, -0.05) is 20.8 Å². The Kier molecular flexibility index (Phi) is 13.5. The van der Waals surface area contributed by atoms with Crippen LogP contribution in [0.5, 0.6) is 0 Å². The van der Waals surface area contributed by atoms with Crippen LogP contribution < -0.4 is 5.32 Å². The van der Waals surface area contributed by atoms with Gasteiger partial charge in [-0.15, -0.1) is 0 Å². The van der Waals surface area contributed by atoms with Crippen LogP contribution in [0.15, 0.2) is 12.4 Å². The fraction of sp³-hybridized carbons (Fsp3) is 0.708. The lowest BCUT2D eigenvalue weighted by atomic mass is 9.99. The van der Waals surface area contributed by atoms with E-state index in [4.69, 9.17) is 0 Å². The highest BCUT2D eigenvalue weighted by molar-refractivity contribution is 5.95. The Morgan fingerprint density at radius 2 is 1.51 bits per heavy atom. The maximum Gasteiger partial charge on any atom is 0.229 e. The van der Waals surface area contributed by atoms with Crippen molar-refractivity contribution in [1.29, 1.82) is 0 Å². The molecule has 35 heavy (non-hydrogen) atoms. The van der Waals surface area contributed by atoms with Crippen molar-refractivity contribution in [1.82, 2.24) is 20.2 Å². The quantitative estimate of drug-likeness (QED) is 0.230. The summed E-state index contributed by atoms with van der Waals surface area (Å²) in [6, 6.07) is -2.12. The monoisotopic (exact) mass is 496 g/mol. The van der Waals surface area contributed by atoms with Crippen molar-refractivity contribution in [2.45, 2.75) is 103 Å². The zero-order valence-corrected chi connectivity index (χ0v) is 21.1. The van der Waals surface area contributed by atoms with Gasteiger partial charge in [0.15, 0.2) is 0 Å². The minimum absolute atomic E-state index is 0.0169. The molecule has 0 aromatic carbocycles. The third-order valence-corrected chi connectivity index (χ3v) is 5.51. The van der Waals surface area contributed by atoms with Gasteiger partial charge in [-0.05, 0) is 26.2 Å². The van der Waals surface area contributed by atoms with Crippen LogP contribution in [0.25, 0.3) is 0 Å². The molecule has 11 nitrogen and oxygen atoms in total. The maximum atomic E-state index is 12.7. The Hall–Kier alpha value is -2.47. The van der Waals surface area contributed by atoms with Crippen molar-refractivity contribution in [3.63, 3.8) is 0 Å². The molecule has 1 heterocycles. The highest BCUT2D eigenvalue weighted by atomic mass is 16.3. The van der Waals surface area contributed by atoms with Gasteiger partial charge in [0.1, 0.15) is 6.10 Å². The topological polar surface area (TPSA) is 173 Å². The van der Waals surface area contributed by atoms with Crippen molar-refractivity contribution >= 4 is 17.7 Å². The lowest BCUT2D eigenvalue weighted by Gasteiger charge is -2.35. The number of carbonyl (C=O) groups excluding carboxylic acids is 3. The van der Waals surface area contributed by atoms with Crippen LogP contribution in [-0.4, -0.2) is 83.9 Å². The number of imide groups is 1. The molecule has 0 aliphatic rings. The molecule has 0 saturated heterocycles. The van der Waals surface area contributed by atoms with Crippen molar-refractivity contribution < 1.29 is 34.8 Å². The van der Waals surface area contributed by atoms with Gasteiger partial charge in [0.05, 0.1) is 48.5 Å². The van der Waals surface area contributed by atoms with E-state index in [1.807, 2.05) is 6.92 Å². The molecule has 0 aliphatic heterocycles. The number of hydrogen-bond acceptors (Lipinski definition) is 9. The number of aromatic nitrogens is 2. The van der Waals surface area contributed by atoms with Gasteiger partial charge in [-0.25, -0.2) is 0 Å². The standard InChI is InChI=1S/C24H40N4O7/c1-5-8-20(32)27-18(14-29)19(31)11-16-12-26-17(13-25-16)24(35)23(15(4)30)28(21(33)9-6-2)22(34)10-7-3/h12-13,15,18-19,23-24,29-31,35H,5-11,14H2,1-4H3,(H,27,32)/t15-,18-,19-,23-,24?/m0/s1. The SMILES string of the molecule is CCCC(=O)N[C@@H](CO)[C@@H](O)Cc1cnc(C(O)[C@H]([C@H](C)O)N(C(=O)CCC)C(=O)CCC)cn1. The third kappa shape index (κ3) is 9.25. The molecule has 0 fully saturated rings. The van der Waals surface area contributed by atoms with Crippen LogP contribution in [0.1, 0.15) is 83.7 Å². The van der Waals surface area contributed by atoms with E-state index < -0.39 is 48.8 Å². The Morgan fingerprint density at radius 1 is 0.943 bits per heavy atom. The maximum absolute atomic E-state index is 12.7. The van der Waals surface area contributed by atoms with E-state index in [2.05, 4.69) is 15.3 Å². The minimum Gasteiger partial charge on any atom is -0.394 e. The number of nitrogens with zero attached hydrogens (tertiary/aromatic N) is 3. The molecule has 1 rings (SSSR count). The van der Waals surface area contributed by atoms with E-state index in [0.717, 1.165) is 4.90 Å². The normalized spacial score (nSPS) is 15.5. The fourth-order valence-electron chi connectivity index (χ4n) is 3.68. The second-order valence-electron chi connectivity index (χ2n) is 8.64. The van der Waals surface area contributed by atoms with Gasteiger partial charge < -0.3 is 25.7 Å². The number of aliphatic hydroxyl groups is 4. The van der Waals surface area contributed by atoms with Crippen LogP contribution in [0.2, 0.25) is 0 Å². The Morgan fingerprint density at radius 3 is 1.94 bits per heavy atom. The molecule has 0 saturated carbocycles. The average Bonchev–Trinajstić information content (AvgIpc) is 2.81. The molecule has 11 heteroatoms. The molecule has 1 aromatic heterocycles. The Balaban J connectivity index is 3.06. The summed E-state index contributed by atoms with van der Waals surface area (Å²) in [6.07, 6.45) is 0.809. The van der Waals surface area contributed by atoms with Gasteiger partial charge in [-0.2, -0.15) is 0 Å². The molecule has 198 valence electrons. The second-order valence-corrected chi connectivity index (χ2v) is 8.64.